The fourth-order valence-electron chi connectivity index (χ4n) is 1.85. The molecule has 132 valence electrons. The first-order chi connectivity index (χ1) is 11.8. The molecule has 0 spiro atoms. The van der Waals surface area contributed by atoms with E-state index in [1.807, 2.05) is 0 Å². The van der Waals surface area contributed by atoms with Crippen molar-refractivity contribution >= 4 is 33.7 Å². The van der Waals surface area contributed by atoms with Gasteiger partial charge in [-0.3, -0.25) is 4.79 Å². The molecule has 1 amide bonds. The summed E-state index contributed by atoms with van der Waals surface area (Å²) in [5.74, 6) is -0.467. The topological polar surface area (TPSA) is 99.1 Å². The predicted octanol–water partition coefficient (Wildman–Crippen LogP) is 1.82. The second kappa shape index (κ2) is 8.11. The lowest BCUT2D eigenvalue weighted by atomic mass is 10.2. The van der Waals surface area contributed by atoms with E-state index < -0.39 is 22.5 Å². The Labute approximate surface area is 150 Å². The molecule has 0 saturated heterocycles. The first kappa shape index (κ1) is 18.9. The van der Waals surface area contributed by atoms with E-state index in [2.05, 4.69) is 10.5 Å². The summed E-state index contributed by atoms with van der Waals surface area (Å²) in [6, 6.07) is 11.9. The third kappa shape index (κ3) is 5.28. The van der Waals surface area contributed by atoms with E-state index in [0.717, 1.165) is 4.31 Å². The van der Waals surface area contributed by atoms with Crippen molar-refractivity contribution in [2.75, 3.05) is 13.6 Å². The van der Waals surface area contributed by atoms with Crippen molar-refractivity contribution in [2.24, 2.45) is 5.10 Å². The lowest BCUT2D eigenvalue weighted by molar-refractivity contribution is -0.121. The summed E-state index contributed by atoms with van der Waals surface area (Å²) in [4.78, 5) is 11.9. The fraction of sp³-hybridized carbons (Fsp3) is 0.125. The molecule has 0 heterocycles. The maximum absolute atomic E-state index is 12.3. The third-order valence-electron chi connectivity index (χ3n) is 3.18. The SMILES string of the molecule is CN(CC(=O)N/N=C\c1ccc(O)cc1)S(=O)(=O)c1ccc(Cl)cc1. The van der Waals surface area contributed by atoms with Gasteiger partial charge in [-0.15, -0.1) is 0 Å². The summed E-state index contributed by atoms with van der Waals surface area (Å²) in [6.07, 6.45) is 1.38. The van der Waals surface area contributed by atoms with Gasteiger partial charge in [0.05, 0.1) is 17.7 Å². The minimum atomic E-state index is -3.80. The molecule has 0 unspecified atom stereocenters. The minimum absolute atomic E-state index is 0.0415. The van der Waals surface area contributed by atoms with Gasteiger partial charge in [-0.25, -0.2) is 13.8 Å². The Bertz CT molecular complexity index is 865. The quantitative estimate of drug-likeness (QED) is 0.588. The van der Waals surface area contributed by atoms with E-state index in [1.54, 1.807) is 12.1 Å². The van der Waals surface area contributed by atoms with Crippen molar-refractivity contribution < 1.29 is 18.3 Å². The van der Waals surface area contributed by atoms with Crippen LogP contribution in [0.3, 0.4) is 0 Å². The molecule has 2 N–H and O–H groups in total. The van der Waals surface area contributed by atoms with Crippen LogP contribution in [0.5, 0.6) is 5.75 Å². The van der Waals surface area contributed by atoms with Crippen LogP contribution in [0.15, 0.2) is 58.5 Å². The molecule has 0 aliphatic heterocycles. The molecule has 0 aliphatic carbocycles. The molecule has 7 nitrogen and oxygen atoms in total. The van der Waals surface area contributed by atoms with Crippen molar-refractivity contribution in [3.63, 3.8) is 0 Å². The highest BCUT2D eigenvalue weighted by molar-refractivity contribution is 7.89. The zero-order valence-corrected chi connectivity index (χ0v) is 14.8. The van der Waals surface area contributed by atoms with E-state index in [0.29, 0.717) is 10.6 Å². The monoisotopic (exact) mass is 381 g/mol. The van der Waals surface area contributed by atoms with E-state index >= 15 is 0 Å². The summed E-state index contributed by atoms with van der Waals surface area (Å²) in [5.41, 5.74) is 2.92. The van der Waals surface area contributed by atoms with Gasteiger partial charge in [-0.2, -0.15) is 9.41 Å². The molecular formula is C16H16ClN3O4S. The number of carbonyl (C=O) groups excluding carboxylic acids is 1. The molecule has 0 radical (unpaired) electrons. The number of benzene rings is 2. The second-order valence-electron chi connectivity index (χ2n) is 5.10. The number of aromatic hydroxyl groups is 1. The van der Waals surface area contributed by atoms with Crippen LogP contribution in [0.2, 0.25) is 5.02 Å². The number of likely N-dealkylation sites (N-methyl/N-ethyl adjacent to an activating group) is 1. The Morgan fingerprint density at radius 2 is 1.80 bits per heavy atom. The molecule has 0 fully saturated rings. The number of hydrogen-bond acceptors (Lipinski definition) is 5. The van der Waals surface area contributed by atoms with Crippen molar-refractivity contribution in [3.05, 3.63) is 59.1 Å². The van der Waals surface area contributed by atoms with Crippen molar-refractivity contribution in [2.45, 2.75) is 4.90 Å². The molecule has 0 saturated carbocycles. The first-order valence-electron chi connectivity index (χ1n) is 7.12. The molecule has 2 aromatic rings. The molecule has 25 heavy (non-hydrogen) atoms. The number of carbonyl (C=O) groups is 1. The summed E-state index contributed by atoms with van der Waals surface area (Å²) < 4.78 is 25.6. The fourth-order valence-corrected chi connectivity index (χ4v) is 3.10. The average Bonchev–Trinajstić information content (AvgIpc) is 2.57. The van der Waals surface area contributed by atoms with E-state index in [9.17, 15) is 18.3 Å². The number of nitrogens with zero attached hydrogens (tertiary/aromatic N) is 2. The Hall–Kier alpha value is -2.42. The molecule has 0 aromatic heterocycles. The highest BCUT2D eigenvalue weighted by atomic mass is 35.5. The maximum Gasteiger partial charge on any atom is 0.255 e. The number of nitrogens with one attached hydrogen (secondary N) is 1. The number of phenols is 1. The molecule has 9 heteroatoms. The van der Waals surface area contributed by atoms with Crippen molar-refractivity contribution in [1.82, 2.24) is 9.73 Å². The number of rotatable bonds is 6. The molecule has 0 atom stereocenters. The number of sulfonamides is 1. The zero-order valence-electron chi connectivity index (χ0n) is 13.3. The highest BCUT2D eigenvalue weighted by Gasteiger charge is 2.22. The van der Waals surface area contributed by atoms with Gasteiger partial charge >= 0.3 is 0 Å². The maximum atomic E-state index is 12.3. The number of hydrogen-bond donors (Lipinski definition) is 2. The van der Waals surface area contributed by atoms with E-state index in [4.69, 9.17) is 11.6 Å². The van der Waals surface area contributed by atoms with Gasteiger partial charge in [0.1, 0.15) is 5.75 Å². The predicted molar refractivity (Wildman–Crippen MR) is 95.1 cm³/mol. The molecule has 2 aromatic carbocycles. The summed E-state index contributed by atoms with van der Waals surface area (Å²) >= 11 is 5.74. The number of hydrazone groups is 1. The number of phenolic OH excluding ortho intramolecular Hbond substituents is 1. The van der Waals surface area contributed by atoms with Crippen LogP contribution >= 0.6 is 11.6 Å². The van der Waals surface area contributed by atoms with Gasteiger partial charge in [-0.05, 0) is 54.1 Å². The van der Waals surface area contributed by atoms with Crippen LogP contribution in [-0.4, -0.2) is 43.5 Å². The number of amides is 1. The van der Waals surface area contributed by atoms with Gasteiger partial charge < -0.3 is 5.11 Å². The van der Waals surface area contributed by atoms with Crippen LogP contribution in [0.1, 0.15) is 5.56 Å². The van der Waals surface area contributed by atoms with Gasteiger partial charge in [0, 0.05) is 12.1 Å². The summed E-state index contributed by atoms with van der Waals surface area (Å²) in [6.45, 7) is -0.391. The largest absolute Gasteiger partial charge is 0.508 e. The summed E-state index contributed by atoms with van der Waals surface area (Å²) in [5, 5.41) is 13.3. The van der Waals surface area contributed by atoms with Crippen LogP contribution in [0.4, 0.5) is 0 Å². The normalized spacial score (nSPS) is 11.8. The van der Waals surface area contributed by atoms with Gasteiger partial charge in [0.15, 0.2) is 0 Å². The Balaban J connectivity index is 1.95. The minimum Gasteiger partial charge on any atom is -0.508 e. The van der Waals surface area contributed by atoms with Crippen molar-refractivity contribution in [3.8, 4) is 5.75 Å². The van der Waals surface area contributed by atoms with Crippen LogP contribution in [0, 0.1) is 0 Å². The Kier molecular flexibility index (Phi) is 6.13. The smallest absolute Gasteiger partial charge is 0.255 e. The molecule has 0 aliphatic rings. The highest BCUT2D eigenvalue weighted by Crippen LogP contribution is 2.17. The third-order valence-corrected chi connectivity index (χ3v) is 5.25. The lowest BCUT2D eigenvalue weighted by Crippen LogP contribution is -2.36. The average molecular weight is 382 g/mol. The molecular weight excluding hydrogens is 366 g/mol. The van der Waals surface area contributed by atoms with Gasteiger partial charge in [-0.1, -0.05) is 11.6 Å². The summed E-state index contributed by atoms with van der Waals surface area (Å²) in [7, 11) is -2.50. The lowest BCUT2D eigenvalue weighted by Gasteiger charge is -2.16. The van der Waals surface area contributed by atoms with E-state index in [1.165, 1.54) is 49.7 Å². The molecule has 2 rings (SSSR count). The Morgan fingerprint density at radius 1 is 1.20 bits per heavy atom. The van der Waals surface area contributed by atoms with E-state index in [-0.39, 0.29) is 10.6 Å². The first-order valence-corrected chi connectivity index (χ1v) is 8.93. The van der Waals surface area contributed by atoms with Crippen LogP contribution < -0.4 is 5.43 Å². The van der Waals surface area contributed by atoms with Gasteiger partial charge in [0.2, 0.25) is 10.0 Å². The molecule has 0 bridgehead atoms. The zero-order chi connectivity index (χ0) is 18.4. The second-order valence-corrected chi connectivity index (χ2v) is 7.58. The standard InChI is InChI=1S/C16H16ClN3O4S/c1-20(25(23,24)15-8-4-13(17)5-9-15)11-16(22)19-18-10-12-2-6-14(21)7-3-12/h2-10,21H,11H2,1H3,(H,19,22)/b18-10-. The van der Waals surface area contributed by atoms with Gasteiger partial charge in [0.25, 0.3) is 5.91 Å². The van der Waals surface area contributed by atoms with Crippen molar-refractivity contribution in [1.29, 1.82) is 0 Å². The Morgan fingerprint density at radius 3 is 2.40 bits per heavy atom. The van der Waals surface area contributed by atoms with Crippen LogP contribution in [0.25, 0.3) is 0 Å². The number of halogens is 1. The van der Waals surface area contributed by atoms with Crippen LogP contribution in [-0.2, 0) is 14.8 Å².